The fourth-order valence-electron chi connectivity index (χ4n) is 10.6. The molecular weight excluding hydrogens is 1280 g/mol. The summed E-state index contributed by atoms with van der Waals surface area (Å²) in [6, 6.07) is 35.4. The highest BCUT2D eigenvalue weighted by molar-refractivity contribution is 7.94. The van der Waals surface area contributed by atoms with E-state index in [1.165, 1.54) is 51.2 Å². The van der Waals surface area contributed by atoms with Gasteiger partial charge in [0.2, 0.25) is 0 Å². The van der Waals surface area contributed by atoms with Crippen LogP contribution in [0.5, 0.6) is 5.75 Å². The molecule has 1 saturated carbocycles. The van der Waals surface area contributed by atoms with Gasteiger partial charge in [0.05, 0.1) is 54.0 Å². The molecule has 466 valence electrons. The fraction of sp³-hybridized carbons (Fsp3) is 0.0769. The number of pyridine rings is 4. The third-order valence-corrected chi connectivity index (χ3v) is 19.5. The number of nitrogens with zero attached hydrogens (tertiary/aromatic N) is 12. The highest BCUT2D eigenvalue weighted by Gasteiger charge is 2.28. The van der Waals surface area contributed by atoms with E-state index in [0.717, 1.165) is 99.4 Å². The van der Waals surface area contributed by atoms with E-state index < -0.39 is 49.8 Å². The molecule has 94 heavy (non-hydrogen) atoms. The van der Waals surface area contributed by atoms with Gasteiger partial charge in [-0.2, -0.15) is 20.4 Å². The zero-order valence-corrected chi connectivity index (χ0v) is 52.5. The average Bonchev–Trinajstić information content (AvgIpc) is 1.64. The number of rotatable bonds is 10. The Morgan fingerprint density at radius 3 is 1.20 bits per heavy atom. The van der Waals surface area contributed by atoms with E-state index in [-0.39, 0.29) is 17.7 Å². The molecule has 5 aliphatic rings. The van der Waals surface area contributed by atoms with Crippen LogP contribution in [0.4, 0.5) is 0 Å². The average molecular weight is 1330 g/mol. The summed E-state index contributed by atoms with van der Waals surface area (Å²) >= 11 is 0. The normalized spacial score (nSPS) is 18.0. The minimum Gasteiger partial charge on any atom is -0.496 e. The maximum atomic E-state index is 12.0. The number of fused-ring (bicyclic) bond motifs is 4. The standard InChI is InChI=1S/C18H14N4O2S.C16H12N4O3S.C16H12N4O2S.C15H10N4O2S/c23-17-8-18(25(24)21-17)22-16-7-12(3-4-14(16)10-20-22)13-5-6-15(19-9-13)11-1-2-11;1-23-14-4-5-17-9-12(14)10-2-3-11-8-18-20(13(11)6-10)16-7-15(21)19-24(16)22;1-10-4-13(8-17-7-10)11-2-3-12-9-18-20(14(12)5-11)16-6-15(21)19-23(16)22;20-14-8-15(22(21)18-14)19-13-7-11(1-2-12(13)9-17-19)10-3-5-16-6-4-10/h3-11H,1-2H2,(H,21,23);2-9H,1H3,(H,19,21);2-9H,1H3,(H,19,21);1-9H,(H,18,20). The molecule has 17 rings (SSSR count). The van der Waals surface area contributed by atoms with Gasteiger partial charge < -0.3 is 4.74 Å². The first-order valence-corrected chi connectivity index (χ1v) is 33.3. The van der Waals surface area contributed by atoms with Crippen LogP contribution in [0.1, 0.15) is 30.0 Å². The number of hydrogen-bond acceptors (Lipinski definition) is 17. The molecule has 1 aliphatic carbocycles. The number of amides is 4. The van der Waals surface area contributed by atoms with Crippen LogP contribution in [-0.4, -0.2) is 107 Å². The molecule has 12 heterocycles. The number of ether oxygens (including phenoxy) is 1. The van der Waals surface area contributed by atoms with Crippen molar-refractivity contribution in [3.05, 3.63) is 213 Å². The summed E-state index contributed by atoms with van der Waals surface area (Å²) in [4.78, 5) is 62.5. The molecule has 0 saturated heterocycles. The molecule has 0 spiro atoms. The number of benzene rings is 4. The van der Waals surface area contributed by atoms with E-state index >= 15 is 0 Å². The Morgan fingerprint density at radius 2 is 0.809 bits per heavy atom. The molecule has 0 bridgehead atoms. The first kappa shape index (κ1) is 60.2. The molecule has 4 N–H and O–H groups in total. The molecular formula is C65H48N16O9S4. The maximum absolute atomic E-state index is 12.0. The van der Waals surface area contributed by atoms with Crippen LogP contribution in [0.25, 0.3) is 108 Å². The van der Waals surface area contributed by atoms with Crippen molar-refractivity contribution in [1.29, 1.82) is 0 Å². The van der Waals surface area contributed by atoms with Gasteiger partial charge >= 0.3 is 0 Å². The van der Waals surface area contributed by atoms with Crippen molar-refractivity contribution in [3.63, 3.8) is 0 Å². The van der Waals surface area contributed by atoms with Crippen LogP contribution in [0.3, 0.4) is 0 Å². The molecule has 4 amide bonds. The first-order valence-electron chi connectivity index (χ1n) is 28.7. The van der Waals surface area contributed by atoms with Crippen molar-refractivity contribution in [3.8, 4) is 50.3 Å². The van der Waals surface area contributed by atoms with Gasteiger partial charge in [0.15, 0.2) is 64.1 Å². The summed E-state index contributed by atoms with van der Waals surface area (Å²) < 4.78 is 68.8. The fourth-order valence-corrected chi connectivity index (χ4v) is 14.1. The Hall–Kier alpha value is -11.4. The summed E-state index contributed by atoms with van der Waals surface area (Å²) in [5, 5.41) is 22.0. The Balaban J connectivity index is 0.000000108. The second-order valence-corrected chi connectivity index (χ2v) is 26.1. The Morgan fingerprint density at radius 1 is 0.404 bits per heavy atom. The van der Waals surface area contributed by atoms with Crippen LogP contribution in [-0.2, 0) is 63.1 Å². The molecule has 1 fully saturated rings. The zero-order chi connectivity index (χ0) is 64.7. The third kappa shape index (κ3) is 12.2. The smallest absolute Gasteiger partial charge is 0.258 e. The van der Waals surface area contributed by atoms with E-state index in [4.69, 9.17) is 4.74 Å². The number of aromatic nitrogens is 12. The van der Waals surface area contributed by atoms with Crippen LogP contribution < -0.4 is 23.6 Å². The van der Waals surface area contributed by atoms with Gasteiger partial charge in [0.1, 0.15) is 5.75 Å². The third-order valence-electron chi connectivity index (χ3n) is 15.3. The summed E-state index contributed by atoms with van der Waals surface area (Å²) in [5.74, 6) is -0.170. The van der Waals surface area contributed by atoms with Gasteiger partial charge in [-0.1, -0.05) is 54.6 Å². The maximum Gasteiger partial charge on any atom is 0.258 e. The van der Waals surface area contributed by atoms with Crippen molar-refractivity contribution in [1.82, 2.24) is 77.9 Å². The van der Waals surface area contributed by atoms with E-state index in [9.17, 15) is 36.0 Å². The predicted octanol–water partition coefficient (Wildman–Crippen LogP) is 7.96. The Kier molecular flexibility index (Phi) is 16.2. The molecule has 0 radical (unpaired) electrons. The van der Waals surface area contributed by atoms with E-state index in [2.05, 4.69) is 71.4 Å². The summed E-state index contributed by atoms with van der Waals surface area (Å²) in [6.45, 7) is 1.99. The molecule has 4 aromatic carbocycles. The molecule has 4 aliphatic heterocycles. The monoisotopic (exact) mass is 1320 g/mol. The topological polar surface area (TPSA) is 317 Å². The van der Waals surface area contributed by atoms with Gasteiger partial charge in [-0.15, -0.1) is 0 Å². The number of hydrogen-bond donors (Lipinski definition) is 4. The van der Waals surface area contributed by atoms with Gasteiger partial charge in [-0.25, -0.2) is 35.6 Å². The Labute approximate surface area is 542 Å². The van der Waals surface area contributed by atoms with E-state index in [1.54, 1.807) is 79.8 Å². The number of aryl methyl sites for hydroxylation is 1. The molecule has 29 heteroatoms. The molecule has 12 aromatic rings. The second kappa shape index (κ2) is 25.4. The molecule has 8 aromatic heterocycles. The van der Waals surface area contributed by atoms with Crippen molar-refractivity contribution < 1.29 is 40.8 Å². The zero-order valence-electron chi connectivity index (χ0n) is 49.2. The second-order valence-electron chi connectivity index (χ2n) is 21.5. The van der Waals surface area contributed by atoms with Crippen LogP contribution >= 0.6 is 0 Å². The summed E-state index contributed by atoms with van der Waals surface area (Å²) in [6.07, 6.45) is 26.8. The van der Waals surface area contributed by atoms with Gasteiger partial charge in [-0.3, -0.25) is 58.0 Å². The van der Waals surface area contributed by atoms with E-state index in [0.29, 0.717) is 31.8 Å². The van der Waals surface area contributed by atoms with Gasteiger partial charge in [0, 0.05) is 118 Å². The molecule has 4 atom stereocenters. The van der Waals surface area contributed by atoms with Crippen molar-refractivity contribution in [2.24, 2.45) is 0 Å². The van der Waals surface area contributed by atoms with Gasteiger partial charge in [0.25, 0.3) is 23.6 Å². The minimum absolute atomic E-state index is 0.310. The summed E-state index contributed by atoms with van der Waals surface area (Å²) in [5.41, 5.74) is 13.1. The lowest BCUT2D eigenvalue weighted by atomic mass is 10.1. The van der Waals surface area contributed by atoms with Crippen LogP contribution in [0.2, 0.25) is 0 Å². The predicted molar refractivity (Wildman–Crippen MR) is 357 cm³/mol. The van der Waals surface area contributed by atoms with Crippen molar-refractivity contribution in [2.45, 2.75) is 25.7 Å². The quantitative estimate of drug-likeness (QED) is 0.101. The first-order chi connectivity index (χ1) is 45.7. The van der Waals surface area contributed by atoms with Gasteiger partial charge in [-0.05, 0) is 108 Å². The molecule has 4 unspecified atom stereocenters. The highest BCUT2D eigenvalue weighted by Crippen LogP contribution is 2.40. The minimum atomic E-state index is -1.61. The van der Waals surface area contributed by atoms with E-state index in [1.807, 2.05) is 104 Å². The number of carbonyl (C=O) groups is 4. The number of nitrogens with one attached hydrogen (secondary N) is 4. The lowest BCUT2D eigenvalue weighted by Crippen LogP contribution is -2.17. The van der Waals surface area contributed by atoms with Crippen LogP contribution in [0, 0.1) is 6.92 Å². The highest BCUT2D eigenvalue weighted by atomic mass is 32.2. The van der Waals surface area contributed by atoms with Crippen molar-refractivity contribution >= 4 is 131 Å². The lowest BCUT2D eigenvalue weighted by molar-refractivity contribution is -0.115. The Bertz CT molecular complexity index is 5360. The SMILES string of the molecule is COc1ccncc1-c1ccc2cnn(C3=CC(=O)NS3=O)c2c1.Cc1cncc(-c2ccc3cnn(C4=CC(=O)NS4=O)c3c2)c1.O=C1C=C(n2ncc3ccc(-c4ccc(C5CC5)nc4)cc32)S(=O)N1.O=C1C=C(n2ncc3ccc(-c4ccncc4)cc32)S(=O)N1. The summed E-state index contributed by atoms with van der Waals surface area (Å²) in [7, 11) is -4.74. The van der Waals surface area contributed by atoms with Crippen molar-refractivity contribution in [2.75, 3.05) is 7.11 Å². The number of methoxy groups -OCH3 is 1. The number of carbonyl (C=O) groups excluding carboxylic acids is 4. The molecule has 25 nitrogen and oxygen atoms in total. The largest absolute Gasteiger partial charge is 0.496 e. The lowest BCUT2D eigenvalue weighted by Gasteiger charge is -2.09. The van der Waals surface area contributed by atoms with Crippen LogP contribution in [0.15, 0.2) is 202 Å².